The number of aromatic nitrogens is 2. The van der Waals surface area contributed by atoms with Crippen molar-refractivity contribution in [2.75, 3.05) is 0 Å². The maximum atomic E-state index is 6.83. The molecule has 58 heavy (non-hydrogen) atoms. The second-order valence-electron chi connectivity index (χ2n) is 15.2. The first kappa shape index (κ1) is 31.4. The molecule has 13 rings (SSSR count). The predicted octanol–water partition coefficient (Wildman–Crippen LogP) is 15.0. The molecule has 0 bridgehead atoms. The summed E-state index contributed by atoms with van der Waals surface area (Å²) in [5, 5.41) is 9.21. The van der Waals surface area contributed by atoms with Gasteiger partial charge in [0.15, 0.2) is 0 Å². The summed E-state index contributed by atoms with van der Waals surface area (Å²) in [5.41, 5.74) is 15.0. The van der Waals surface area contributed by atoms with E-state index in [9.17, 15) is 0 Å². The molecule has 4 heterocycles. The highest BCUT2D eigenvalue weighted by Crippen LogP contribution is 2.45. The second kappa shape index (κ2) is 11.8. The fraction of sp³-hybridized carbons (Fsp3) is 0. The third-order valence-electron chi connectivity index (χ3n) is 12.1. The first-order valence-corrected chi connectivity index (χ1v) is 19.8. The Morgan fingerprint density at radius 2 is 0.759 bits per heavy atom. The Morgan fingerprint density at radius 1 is 0.293 bits per heavy atom. The van der Waals surface area contributed by atoms with Gasteiger partial charge in [-0.1, -0.05) is 109 Å². The number of nitrogens with zero attached hydrogens (tertiary/aromatic N) is 2. The van der Waals surface area contributed by atoms with Gasteiger partial charge in [0.05, 0.1) is 22.1 Å². The van der Waals surface area contributed by atoms with Gasteiger partial charge in [-0.15, -0.1) is 0 Å². The van der Waals surface area contributed by atoms with Gasteiger partial charge in [0, 0.05) is 60.0 Å². The number of fused-ring (bicyclic) bond motifs is 13. The van der Waals surface area contributed by atoms with E-state index in [2.05, 4.69) is 197 Å². The maximum absolute atomic E-state index is 6.83. The van der Waals surface area contributed by atoms with Crippen LogP contribution in [0, 0.1) is 0 Å². The molecule has 0 aliphatic heterocycles. The molecular formula is C54H32N2O2. The molecule has 0 saturated heterocycles. The topological polar surface area (TPSA) is 36.1 Å². The van der Waals surface area contributed by atoms with Crippen molar-refractivity contribution in [3.05, 3.63) is 194 Å². The third-order valence-corrected chi connectivity index (χ3v) is 12.1. The van der Waals surface area contributed by atoms with Gasteiger partial charge in [-0.3, -0.25) is 0 Å². The van der Waals surface area contributed by atoms with Crippen molar-refractivity contribution < 1.29 is 8.83 Å². The summed E-state index contributed by atoms with van der Waals surface area (Å²) in [6.07, 6.45) is 0. The van der Waals surface area contributed by atoms with Crippen LogP contribution in [-0.4, -0.2) is 9.13 Å². The molecule has 9 aromatic carbocycles. The lowest BCUT2D eigenvalue weighted by atomic mass is 9.98. The molecule has 13 aromatic rings. The van der Waals surface area contributed by atoms with E-state index in [1.807, 2.05) is 6.07 Å². The quantitative estimate of drug-likeness (QED) is 0.180. The summed E-state index contributed by atoms with van der Waals surface area (Å²) >= 11 is 0. The van der Waals surface area contributed by atoms with Crippen molar-refractivity contribution in [2.45, 2.75) is 0 Å². The van der Waals surface area contributed by atoms with Crippen LogP contribution < -0.4 is 0 Å². The molecule has 0 radical (unpaired) electrons. The molecule has 0 atom stereocenters. The molecule has 4 nitrogen and oxygen atoms in total. The molecule has 270 valence electrons. The number of hydrogen-bond donors (Lipinski definition) is 0. The van der Waals surface area contributed by atoms with E-state index in [-0.39, 0.29) is 0 Å². The number of furan rings is 2. The largest absolute Gasteiger partial charge is 0.456 e. The average Bonchev–Trinajstić information content (AvgIpc) is 4.04. The monoisotopic (exact) mass is 740 g/mol. The minimum absolute atomic E-state index is 0.847. The fourth-order valence-corrected chi connectivity index (χ4v) is 9.57. The first-order valence-electron chi connectivity index (χ1n) is 19.8. The van der Waals surface area contributed by atoms with Crippen LogP contribution in [0.3, 0.4) is 0 Å². The highest BCUT2D eigenvalue weighted by molar-refractivity contribution is 6.27. The lowest BCUT2D eigenvalue weighted by Crippen LogP contribution is -1.92. The molecule has 0 N–H and O–H groups in total. The van der Waals surface area contributed by atoms with Crippen molar-refractivity contribution in [1.29, 1.82) is 0 Å². The number of hydrogen-bond acceptors (Lipinski definition) is 2. The summed E-state index contributed by atoms with van der Waals surface area (Å²) in [6.45, 7) is 0. The van der Waals surface area contributed by atoms with Gasteiger partial charge in [-0.25, -0.2) is 0 Å². The molecule has 0 aliphatic carbocycles. The minimum atomic E-state index is 0.847. The van der Waals surface area contributed by atoms with Crippen LogP contribution in [0.25, 0.3) is 121 Å². The SMILES string of the molecule is c1ccc(-n2c3ccccc3c3cc(-c4ccc5oc6ccc7oc8c(-c9ccc%10c(c9)c9ccccc9n%10-c9ccccc9)cccc8c7c6c5c4)ccc32)cc1. The van der Waals surface area contributed by atoms with Gasteiger partial charge in [-0.05, 0) is 102 Å². The van der Waals surface area contributed by atoms with Gasteiger partial charge in [0.1, 0.15) is 22.3 Å². The maximum Gasteiger partial charge on any atom is 0.143 e. The van der Waals surface area contributed by atoms with Crippen LogP contribution in [0.1, 0.15) is 0 Å². The summed E-state index contributed by atoms with van der Waals surface area (Å²) < 4.78 is 18.1. The van der Waals surface area contributed by atoms with Gasteiger partial charge in [-0.2, -0.15) is 0 Å². The van der Waals surface area contributed by atoms with Gasteiger partial charge in [0.25, 0.3) is 0 Å². The van der Waals surface area contributed by atoms with Crippen molar-refractivity contribution in [1.82, 2.24) is 9.13 Å². The molecule has 4 heteroatoms. The van der Waals surface area contributed by atoms with Crippen LogP contribution in [0.15, 0.2) is 203 Å². The van der Waals surface area contributed by atoms with E-state index in [0.717, 1.165) is 77.5 Å². The molecule has 0 unspecified atom stereocenters. The zero-order chi connectivity index (χ0) is 37.9. The first-order chi connectivity index (χ1) is 28.8. The van der Waals surface area contributed by atoms with Crippen LogP contribution in [0.2, 0.25) is 0 Å². The molecule has 0 spiro atoms. The van der Waals surface area contributed by atoms with E-state index >= 15 is 0 Å². The highest BCUT2D eigenvalue weighted by Gasteiger charge is 2.21. The Balaban J connectivity index is 0.988. The summed E-state index contributed by atoms with van der Waals surface area (Å²) in [6, 6.07) is 69.4. The highest BCUT2D eigenvalue weighted by atomic mass is 16.3. The molecule has 0 aliphatic rings. The van der Waals surface area contributed by atoms with Crippen LogP contribution in [-0.2, 0) is 0 Å². The Hall–Kier alpha value is -7.82. The van der Waals surface area contributed by atoms with E-state index in [1.165, 1.54) is 43.6 Å². The van der Waals surface area contributed by atoms with Crippen LogP contribution >= 0.6 is 0 Å². The molecule has 4 aromatic heterocycles. The second-order valence-corrected chi connectivity index (χ2v) is 15.2. The van der Waals surface area contributed by atoms with E-state index in [0.29, 0.717) is 0 Å². The zero-order valence-corrected chi connectivity index (χ0v) is 31.2. The molecular weight excluding hydrogens is 709 g/mol. The van der Waals surface area contributed by atoms with E-state index in [4.69, 9.17) is 8.83 Å². The molecule has 0 fully saturated rings. The number of benzene rings is 9. The molecule has 0 amide bonds. The number of para-hydroxylation sites is 5. The standard InChI is InChI=1S/C54H32N2O2/c1-3-12-36(13-4-1)55-45-20-9-7-16-39(45)42-30-33(22-25-47(42)55)34-24-27-49-44(31-34)53-50(57-49)28-29-51-52(53)41-19-11-18-38(54(41)58-51)35-23-26-48-43(32-35)40-17-8-10-21-46(40)56(48)37-14-5-2-6-15-37/h1-32H. The van der Waals surface area contributed by atoms with E-state index < -0.39 is 0 Å². The fourth-order valence-electron chi connectivity index (χ4n) is 9.57. The van der Waals surface area contributed by atoms with Crippen molar-refractivity contribution in [2.24, 2.45) is 0 Å². The summed E-state index contributed by atoms with van der Waals surface area (Å²) in [4.78, 5) is 0. The van der Waals surface area contributed by atoms with Crippen molar-refractivity contribution >= 4 is 87.5 Å². The Labute approximate surface area is 332 Å². The Kier molecular flexibility index (Phi) is 6.41. The van der Waals surface area contributed by atoms with Crippen molar-refractivity contribution in [3.8, 4) is 33.6 Å². The van der Waals surface area contributed by atoms with Crippen LogP contribution in [0.4, 0.5) is 0 Å². The lowest BCUT2D eigenvalue weighted by Gasteiger charge is -2.08. The normalized spacial score (nSPS) is 12.1. The van der Waals surface area contributed by atoms with Crippen LogP contribution in [0.5, 0.6) is 0 Å². The smallest absolute Gasteiger partial charge is 0.143 e. The predicted molar refractivity (Wildman–Crippen MR) is 241 cm³/mol. The minimum Gasteiger partial charge on any atom is -0.456 e. The van der Waals surface area contributed by atoms with Crippen molar-refractivity contribution in [3.63, 3.8) is 0 Å². The summed E-state index contributed by atoms with van der Waals surface area (Å²) in [7, 11) is 0. The summed E-state index contributed by atoms with van der Waals surface area (Å²) in [5.74, 6) is 0. The number of rotatable bonds is 4. The average molecular weight is 741 g/mol. The van der Waals surface area contributed by atoms with Gasteiger partial charge in [0.2, 0.25) is 0 Å². The lowest BCUT2D eigenvalue weighted by molar-refractivity contribution is 0.663. The van der Waals surface area contributed by atoms with E-state index in [1.54, 1.807) is 0 Å². The Bertz CT molecular complexity index is 3780. The Morgan fingerprint density at radius 3 is 1.41 bits per heavy atom. The van der Waals surface area contributed by atoms with Gasteiger partial charge < -0.3 is 18.0 Å². The molecule has 0 saturated carbocycles. The zero-order valence-electron chi connectivity index (χ0n) is 31.2. The van der Waals surface area contributed by atoms with Gasteiger partial charge >= 0.3 is 0 Å². The third kappa shape index (κ3) is 4.40.